The van der Waals surface area contributed by atoms with Gasteiger partial charge in [-0.3, -0.25) is 15.6 Å². The van der Waals surface area contributed by atoms with E-state index in [0.717, 1.165) is 13.0 Å². The van der Waals surface area contributed by atoms with E-state index >= 15 is 0 Å². The fourth-order valence-electron chi connectivity index (χ4n) is 1.95. The topological polar surface area (TPSA) is 73.4 Å². The fraction of sp³-hybridized carbons (Fsp3) is 0.500. The van der Waals surface area contributed by atoms with E-state index in [-0.39, 0.29) is 11.7 Å². The highest BCUT2D eigenvalue weighted by molar-refractivity contribution is 7.80. The molecule has 0 saturated carbocycles. The summed E-state index contributed by atoms with van der Waals surface area (Å²) in [4.78, 5) is 11.8. The third kappa shape index (κ3) is 7.83. The maximum atomic E-state index is 11.8. The summed E-state index contributed by atoms with van der Waals surface area (Å²) in [5.41, 5.74) is 5.63. The highest BCUT2D eigenvalue weighted by Crippen LogP contribution is 2.09. The van der Waals surface area contributed by atoms with Crippen molar-refractivity contribution >= 4 is 23.2 Å². The highest BCUT2D eigenvalue weighted by atomic mass is 32.1. The van der Waals surface area contributed by atoms with Crippen LogP contribution in [0, 0.1) is 0 Å². The van der Waals surface area contributed by atoms with Gasteiger partial charge in [0.05, 0.1) is 0 Å². The Hall–Kier alpha value is -1.82. The second-order valence-corrected chi connectivity index (χ2v) is 5.56. The zero-order valence-electron chi connectivity index (χ0n) is 13.0. The molecule has 0 aliphatic rings. The molecular weight excluding hydrogens is 298 g/mol. The number of phenols is 1. The van der Waals surface area contributed by atoms with Crippen molar-refractivity contribution in [3.8, 4) is 5.75 Å². The second kappa shape index (κ2) is 10.8. The van der Waals surface area contributed by atoms with Crippen LogP contribution in [0.1, 0.15) is 55.8 Å². The number of unbranched alkanes of at least 4 members (excludes halogenated alkanes) is 5. The van der Waals surface area contributed by atoms with E-state index < -0.39 is 0 Å². The number of hydrazine groups is 1. The Morgan fingerprint density at radius 1 is 1.05 bits per heavy atom. The van der Waals surface area contributed by atoms with Gasteiger partial charge in [0.15, 0.2) is 5.11 Å². The molecule has 1 amide bonds. The Morgan fingerprint density at radius 3 is 2.36 bits per heavy atom. The molecule has 22 heavy (non-hydrogen) atoms. The van der Waals surface area contributed by atoms with E-state index in [2.05, 4.69) is 23.1 Å². The molecule has 122 valence electrons. The van der Waals surface area contributed by atoms with E-state index in [9.17, 15) is 4.79 Å². The summed E-state index contributed by atoms with van der Waals surface area (Å²) in [6.45, 7) is 3.01. The van der Waals surface area contributed by atoms with Crippen molar-refractivity contribution in [2.75, 3.05) is 6.54 Å². The lowest BCUT2D eigenvalue weighted by Crippen LogP contribution is -2.46. The molecule has 5 nitrogen and oxygen atoms in total. The number of benzene rings is 1. The standard InChI is InChI=1S/C16H25N3O2S/c1-2-3-4-5-6-7-12-17-16(22)19-18-15(21)13-8-10-14(20)11-9-13/h8-11,20H,2-7,12H2,1H3,(H,18,21)(H2,17,19,22). The van der Waals surface area contributed by atoms with Gasteiger partial charge in [-0.05, 0) is 42.9 Å². The number of thiocarbonyl (C=S) groups is 1. The fourth-order valence-corrected chi connectivity index (χ4v) is 2.10. The van der Waals surface area contributed by atoms with Crippen molar-refractivity contribution in [2.24, 2.45) is 0 Å². The number of hydrogen-bond donors (Lipinski definition) is 4. The zero-order valence-corrected chi connectivity index (χ0v) is 13.8. The Balaban J connectivity index is 2.10. The van der Waals surface area contributed by atoms with E-state index in [0.29, 0.717) is 10.7 Å². The van der Waals surface area contributed by atoms with Crippen LogP contribution in [0.5, 0.6) is 5.75 Å². The molecule has 0 aliphatic heterocycles. The van der Waals surface area contributed by atoms with Crippen LogP contribution in [0.15, 0.2) is 24.3 Å². The molecule has 1 rings (SSSR count). The molecule has 6 heteroatoms. The van der Waals surface area contributed by atoms with Crippen molar-refractivity contribution in [3.63, 3.8) is 0 Å². The molecule has 0 spiro atoms. The summed E-state index contributed by atoms with van der Waals surface area (Å²) in [6, 6.07) is 6.01. The minimum atomic E-state index is -0.302. The Labute approximate surface area is 137 Å². The average molecular weight is 323 g/mol. The molecule has 1 aromatic rings. The average Bonchev–Trinajstić information content (AvgIpc) is 2.52. The molecule has 0 aliphatic carbocycles. The number of amides is 1. The molecule has 0 atom stereocenters. The molecule has 0 unspecified atom stereocenters. The van der Waals surface area contributed by atoms with Gasteiger partial charge >= 0.3 is 0 Å². The minimum Gasteiger partial charge on any atom is -0.508 e. The molecule has 0 aromatic heterocycles. The number of phenolic OH excluding ortho intramolecular Hbond substituents is 1. The Kier molecular flexibility index (Phi) is 8.98. The Bertz CT molecular complexity index is 463. The van der Waals surface area contributed by atoms with Gasteiger partial charge in [-0.2, -0.15) is 0 Å². The van der Waals surface area contributed by atoms with Gasteiger partial charge in [0.1, 0.15) is 5.75 Å². The number of carbonyl (C=O) groups excluding carboxylic acids is 1. The van der Waals surface area contributed by atoms with Crippen molar-refractivity contribution in [1.29, 1.82) is 0 Å². The summed E-state index contributed by atoms with van der Waals surface area (Å²) >= 11 is 5.09. The number of aromatic hydroxyl groups is 1. The van der Waals surface area contributed by atoms with E-state index in [4.69, 9.17) is 17.3 Å². The first kappa shape index (κ1) is 18.2. The number of nitrogens with one attached hydrogen (secondary N) is 3. The first-order valence-electron chi connectivity index (χ1n) is 7.76. The lowest BCUT2D eigenvalue weighted by atomic mass is 10.1. The SMILES string of the molecule is CCCCCCCCNC(=S)NNC(=O)c1ccc(O)cc1. The normalized spacial score (nSPS) is 10.0. The summed E-state index contributed by atoms with van der Waals surface area (Å²) in [7, 11) is 0. The van der Waals surface area contributed by atoms with Gasteiger partial charge in [0.25, 0.3) is 5.91 Å². The van der Waals surface area contributed by atoms with E-state index in [1.54, 1.807) is 12.1 Å². The van der Waals surface area contributed by atoms with Crippen LogP contribution in [0.2, 0.25) is 0 Å². The molecule has 4 N–H and O–H groups in total. The minimum absolute atomic E-state index is 0.126. The van der Waals surface area contributed by atoms with Crippen LogP contribution in [0.3, 0.4) is 0 Å². The van der Waals surface area contributed by atoms with Crippen molar-refractivity contribution in [1.82, 2.24) is 16.2 Å². The third-order valence-electron chi connectivity index (χ3n) is 3.23. The second-order valence-electron chi connectivity index (χ2n) is 5.15. The number of hydrogen-bond acceptors (Lipinski definition) is 3. The predicted molar refractivity (Wildman–Crippen MR) is 92.7 cm³/mol. The van der Waals surface area contributed by atoms with Gasteiger partial charge in [0, 0.05) is 12.1 Å². The van der Waals surface area contributed by atoms with Crippen molar-refractivity contribution in [2.45, 2.75) is 45.4 Å². The van der Waals surface area contributed by atoms with Gasteiger partial charge in [-0.25, -0.2) is 0 Å². The molecular formula is C16H25N3O2S. The molecule has 0 heterocycles. The number of rotatable bonds is 8. The summed E-state index contributed by atoms with van der Waals surface area (Å²) in [5, 5.41) is 12.6. The van der Waals surface area contributed by atoms with Gasteiger partial charge < -0.3 is 10.4 Å². The summed E-state index contributed by atoms with van der Waals surface area (Å²) < 4.78 is 0. The van der Waals surface area contributed by atoms with Crippen molar-refractivity contribution in [3.05, 3.63) is 29.8 Å². The molecule has 0 radical (unpaired) electrons. The van der Waals surface area contributed by atoms with Crippen molar-refractivity contribution < 1.29 is 9.90 Å². The van der Waals surface area contributed by atoms with Crippen LogP contribution in [-0.4, -0.2) is 22.7 Å². The zero-order chi connectivity index (χ0) is 16.2. The number of carbonyl (C=O) groups is 1. The van der Waals surface area contributed by atoms with Gasteiger partial charge in [-0.15, -0.1) is 0 Å². The van der Waals surface area contributed by atoms with Crippen LogP contribution in [0.4, 0.5) is 0 Å². The van der Waals surface area contributed by atoms with E-state index in [1.807, 2.05) is 0 Å². The van der Waals surface area contributed by atoms with Crippen LogP contribution >= 0.6 is 12.2 Å². The third-order valence-corrected chi connectivity index (χ3v) is 3.48. The first-order chi connectivity index (χ1) is 10.6. The molecule has 0 saturated heterocycles. The maximum Gasteiger partial charge on any atom is 0.269 e. The largest absolute Gasteiger partial charge is 0.508 e. The first-order valence-corrected chi connectivity index (χ1v) is 8.17. The highest BCUT2D eigenvalue weighted by Gasteiger charge is 2.05. The quantitative estimate of drug-likeness (QED) is 0.336. The smallest absolute Gasteiger partial charge is 0.269 e. The van der Waals surface area contributed by atoms with Crippen LogP contribution < -0.4 is 16.2 Å². The molecule has 1 aromatic carbocycles. The lowest BCUT2D eigenvalue weighted by Gasteiger charge is -2.11. The predicted octanol–water partition coefficient (Wildman–Crippen LogP) is 2.86. The maximum absolute atomic E-state index is 11.8. The Morgan fingerprint density at radius 2 is 1.68 bits per heavy atom. The van der Waals surface area contributed by atoms with Crippen LogP contribution in [0.25, 0.3) is 0 Å². The lowest BCUT2D eigenvalue weighted by molar-refractivity contribution is 0.0943. The van der Waals surface area contributed by atoms with E-state index in [1.165, 1.54) is 44.2 Å². The molecule has 0 bridgehead atoms. The molecule has 0 fully saturated rings. The summed E-state index contributed by atoms with van der Waals surface area (Å²) in [5.74, 6) is -0.177. The monoisotopic (exact) mass is 323 g/mol. The van der Waals surface area contributed by atoms with Gasteiger partial charge in [0.2, 0.25) is 0 Å². The summed E-state index contributed by atoms with van der Waals surface area (Å²) in [6.07, 6.45) is 7.37. The van der Waals surface area contributed by atoms with Crippen LogP contribution in [-0.2, 0) is 0 Å². The van der Waals surface area contributed by atoms with Gasteiger partial charge in [-0.1, -0.05) is 39.0 Å².